The van der Waals surface area contributed by atoms with E-state index in [-0.39, 0.29) is 30.3 Å². The van der Waals surface area contributed by atoms with Gasteiger partial charge in [0, 0.05) is 31.6 Å². The van der Waals surface area contributed by atoms with E-state index in [9.17, 15) is 9.90 Å². The molecule has 6 nitrogen and oxygen atoms in total. The fourth-order valence-corrected chi connectivity index (χ4v) is 4.33. The van der Waals surface area contributed by atoms with Crippen LogP contribution in [0.5, 0.6) is 0 Å². The van der Waals surface area contributed by atoms with Gasteiger partial charge in [0.05, 0.1) is 18.7 Å². The fourth-order valence-electron chi connectivity index (χ4n) is 4.33. The first-order valence-electron chi connectivity index (χ1n) is 10.8. The Balaban J connectivity index is 1.94. The maximum atomic E-state index is 12.3. The van der Waals surface area contributed by atoms with Crippen molar-refractivity contribution in [2.75, 3.05) is 20.3 Å². The number of hydrogen-bond acceptors (Lipinski definition) is 6. The van der Waals surface area contributed by atoms with Crippen LogP contribution in [0.2, 0.25) is 0 Å². The lowest BCUT2D eigenvalue weighted by atomic mass is 9.67. The van der Waals surface area contributed by atoms with Crippen LogP contribution in [0.3, 0.4) is 0 Å². The predicted octanol–water partition coefficient (Wildman–Crippen LogP) is 4.82. The van der Waals surface area contributed by atoms with Crippen molar-refractivity contribution < 1.29 is 23.9 Å². The third-order valence-electron chi connectivity index (χ3n) is 5.52. The van der Waals surface area contributed by atoms with Gasteiger partial charge in [0.25, 0.3) is 0 Å². The van der Waals surface area contributed by atoms with Crippen LogP contribution in [0.1, 0.15) is 96.4 Å². The van der Waals surface area contributed by atoms with Gasteiger partial charge < -0.3 is 19.1 Å². The normalized spacial score (nSPS) is 20.9. The van der Waals surface area contributed by atoms with Gasteiger partial charge in [0.15, 0.2) is 0 Å². The summed E-state index contributed by atoms with van der Waals surface area (Å²) >= 11 is 0. The molecule has 0 spiro atoms. The standard InChI is InChI=1S/C23H39NO5/c1-22(2,3)28-21(26)12-17(8-7-9-25)19-13-20(29-24-19)18-10-16(11-18)14-23(4,5)15-27-6/h13,16-18,25H,7-12,14-15H2,1-6H3/t16-,17-,18+/m0/s1. The first-order valence-corrected chi connectivity index (χ1v) is 10.8. The first-order chi connectivity index (χ1) is 13.5. The lowest BCUT2D eigenvalue weighted by Crippen LogP contribution is -2.29. The summed E-state index contributed by atoms with van der Waals surface area (Å²) in [5.41, 5.74) is 0.479. The third kappa shape index (κ3) is 7.74. The zero-order valence-corrected chi connectivity index (χ0v) is 19.0. The molecule has 0 saturated heterocycles. The van der Waals surface area contributed by atoms with Gasteiger partial charge >= 0.3 is 5.97 Å². The summed E-state index contributed by atoms with van der Waals surface area (Å²) in [6, 6.07) is 2.01. The van der Waals surface area contributed by atoms with E-state index < -0.39 is 5.60 Å². The van der Waals surface area contributed by atoms with Crippen LogP contribution in [0.25, 0.3) is 0 Å². The van der Waals surface area contributed by atoms with Crippen molar-refractivity contribution in [1.82, 2.24) is 5.16 Å². The SMILES string of the molecule is COCC(C)(C)C[C@H]1C[C@@H](c2cc([C@@H](CCCO)CC(=O)OC(C)(C)C)no2)C1. The smallest absolute Gasteiger partial charge is 0.306 e. The number of esters is 1. The molecule has 0 unspecified atom stereocenters. The molecule has 1 saturated carbocycles. The molecule has 1 aromatic rings. The topological polar surface area (TPSA) is 81.8 Å². The van der Waals surface area contributed by atoms with Crippen molar-refractivity contribution in [2.45, 2.75) is 90.6 Å². The lowest BCUT2D eigenvalue weighted by molar-refractivity contribution is -0.155. The first kappa shape index (κ1) is 23.9. The van der Waals surface area contributed by atoms with E-state index in [1.54, 1.807) is 7.11 Å². The molecule has 0 amide bonds. The van der Waals surface area contributed by atoms with E-state index in [4.69, 9.17) is 14.0 Å². The Labute approximate surface area is 175 Å². The van der Waals surface area contributed by atoms with Gasteiger partial charge in [-0.1, -0.05) is 19.0 Å². The molecule has 0 aliphatic heterocycles. The highest BCUT2D eigenvalue weighted by molar-refractivity contribution is 5.71. The molecule has 1 aliphatic carbocycles. The largest absolute Gasteiger partial charge is 0.460 e. The molecular weight excluding hydrogens is 370 g/mol. The van der Waals surface area contributed by atoms with Gasteiger partial charge in [-0.3, -0.25) is 4.79 Å². The highest BCUT2D eigenvalue weighted by Gasteiger charge is 2.37. The van der Waals surface area contributed by atoms with Gasteiger partial charge in [-0.2, -0.15) is 0 Å². The van der Waals surface area contributed by atoms with Crippen LogP contribution >= 0.6 is 0 Å². The zero-order chi connectivity index (χ0) is 21.7. The quantitative estimate of drug-likeness (QED) is 0.528. The maximum absolute atomic E-state index is 12.3. The molecular formula is C23H39NO5. The van der Waals surface area contributed by atoms with Crippen molar-refractivity contribution >= 4 is 5.97 Å². The monoisotopic (exact) mass is 409 g/mol. The average molecular weight is 410 g/mol. The second-order valence-corrected chi connectivity index (χ2v) is 10.3. The van der Waals surface area contributed by atoms with Crippen LogP contribution in [-0.2, 0) is 14.3 Å². The van der Waals surface area contributed by atoms with Crippen molar-refractivity contribution in [3.8, 4) is 0 Å². The number of carbonyl (C=O) groups is 1. The summed E-state index contributed by atoms with van der Waals surface area (Å²) in [5.74, 6) is 1.67. The maximum Gasteiger partial charge on any atom is 0.306 e. The number of aromatic nitrogens is 1. The molecule has 2 rings (SSSR count). The predicted molar refractivity (Wildman–Crippen MR) is 112 cm³/mol. The summed E-state index contributed by atoms with van der Waals surface area (Å²) in [5, 5.41) is 13.5. The van der Waals surface area contributed by atoms with E-state index in [2.05, 4.69) is 19.0 Å². The Morgan fingerprint density at radius 2 is 2.00 bits per heavy atom. The van der Waals surface area contributed by atoms with Crippen molar-refractivity contribution in [2.24, 2.45) is 11.3 Å². The molecule has 1 aromatic heterocycles. The summed E-state index contributed by atoms with van der Waals surface area (Å²) in [6.07, 6.45) is 4.91. The summed E-state index contributed by atoms with van der Waals surface area (Å²) in [6.45, 7) is 11.0. The van der Waals surface area contributed by atoms with Gasteiger partial charge in [0.1, 0.15) is 11.4 Å². The number of ether oxygens (including phenoxy) is 2. The number of nitrogens with zero attached hydrogens (tertiary/aromatic N) is 1. The van der Waals surface area contributed by atoms with Gasteiger partial charge in [-0.25, -0.2) is 0 Å². The summed E-state index contributed by atoms with van der Waals surface area (Å²) in [4.78, 5) is 12.3. The molecule has 166 valence electrons. The van der Waals surface area contributed by atoms with Gasteiger partial charge in [0.2, 0.25) is 0 Å². The molecule has 0 radical (unpaired) electrons. The lowest BCUT2D eigenvalue weighted by Gasteiger charge is -2.38. The number of rotatable bonds is 11. The Hall–Kier alpha value is -1.40. The van der Waals surface area contributed by atoms with Crippen LogP contribution in [-0.4, -0.2) is 42.2 Å². The van der Waals surface area contributed by atoms with E-state index in [0.29, 0.717) is 24.7 Å². The Morgan fingerprint density at radius 1 is 1.31 bits per heavy atom. The Bertz CT molecular complexity index is 640. The van der Waals surface area contributed by atoms with Crippen LogP contribution in [0.4, 0.5) is 0 Å². The van der Waals surface area contributed by atoms with Crippen molar-refractivity contribution in [1.29, 1.82) is 0 Å². The highest BCUT2D eigenvalue weighted by Crippen LogP contribution is 2.47. The third-order valence-corrected chi connectivity index (χ3v) is 5.52. The molecule has 0 aromatic carbocycles. The summed E-state index contributed by atoms with van der Waals surface area (Å²) < 4.78 is 16.4. The minimum atomic E-state index is -0.509. The van der Waals surface area contributed by atoms with Gasteiger partial charge in [-0.05, 0) is 64.2 Å². The van der Waals surface area contributed by atoms with E-state index in [1.807, 2.05) is 26.8 Å². The molecule has 1 aliphatic rings. The van der Waals surface area contributed by atoms with E-state index in [1.165, 1.54) is 0 Å². The van der Waals surface area contributed by atoms with Gasteiger partial charge in [-0.15, -0.1) is 0 Å². The van der Waals surface area contributed by atoms with Crippen molar-refractivity contribution in [3.63, 3.8) is 0 Å². The number of methoxy groups -OCH3 is 1. The fraction of sp³-hybridized carbons (Fsp3) is 0.826. The molecule has 1 fully saturated rings. The molecule has 1 heterocycles. The second-order valence-electron chi connectivity index (χ2n) is 10.3. The minimum absolute atomic E-state index is 0.0917. The molecule has 1 N–H and O–H groups in total. The van der Waals surface area contributed by atoms with Crippen LogP contribution < -0.4 is 0 Å². The summed E-state index contributed by atoms with van der Waals surface area (Å²) in [7, 11) is 1.76. The number of aliphatic hydroxyl groups is 1. The molecule has 1 atom stereocenters. The van der Waals surface area contributed by atoms with Crippen molar-refractivity contribution in [3.05, 3.63) is 17.5 Å². The Morgan fingerprint density at radius 3 is 2.59 bits per heavy atom. The van der Waals surface area contributed by atoms with E-state index >= 15 is 0 Å². The second kappa shape index (κ2) is 10.1. The zero-order valence-electron chi connectivity index (χ0n) is 19.0. The minimum Gasteiger partial charge on any atom is -0.460 e. The Kier molecular flexibility index (Phi) is 8.29. The number of carbonyl (C=O) groups excluding carboxylic acids is 1. The molecule has 29 heavy (non-hydrogen) atoms. The average Bonchev–Trinajstić information content (AvgIpc) is 3.02. The number of hydrogen-bond donors (Lipinski definition) is 1. The molecule has 6 heteroatoms. The molecule has 0 bridgehead atoms. The highest BCUT2D eigenvalue weighted by atomic mass is 16.6. The van der Waals surface area contributed by atoms with Crippen LogP contribution in [0.15, 0.2) is 10.6 Å². The van der Waals surface area contributed by atoms with E-state index in [0.717, 1.165) is 37.3 Å². The van der Waals surface area contributed by atoms with Crippen LogP contribution in [0, 0.1) is 11.3 Å². The number of aliphatic hydroxyl groups excluding tert-OH is 1.